The minimum Gasteiger partial charge on any atom is -0.497 e. The van der Waals surface area contributed by atoms with Crippen molar-refractivity contribution < 1.29 is 9.53 Å². The number of hydrogen-bond acceptors (Lipinski definition) is 5. The molecule has 0 saturated heterocycles. The van der Waals surface area contributed by atoms with Crippen LogP contribution < -0.4 is 10.1 Å². The topological polar surface area (TPSA) is 69.0 Å². The number of aromatic nitrogens is 3. The summed E-state index contributed by atoms with van der Waals surface area (Å²) in [6, 6.07) is 20.0. The summed E-state index contributed by atoms with van der Waals surface area (Å²) in [5, 5.41) is 13.5. The first-order valence-electron chi connectivity index (χ1n) is 10.9. The molecule has 3 aromatic carbocycles. The van der Waals surface area contributed by atoms with Crippen LogP contribution in [-0.2, 0) is 5.75 Å². The summed E-state index contributed by atoms with van der Waals surface area (Å²) in [5.41, 5.74) is 3.61. The van der Waals surface area contributed by atoms with Gasteiger partial charge in [0.15, 0.2) is 11.0 Å². The Bertz CT molecular complexity index is 1340. The van der Waals surface area contributed by atoms with Crippen LogP contribution in [0.4, 0.5) is 0 Å². The average Bonchev–Trinajstić information content (AvgIpc) is 3.27. The summed E-state index contributed by atoms with van der Waals surface area (Å²) in [6.07, 6.45) is 0. The molecule has 9 heteroatoms. The fraction of sp³-hybridized carbons (Fsp3) is 0.192. The van der Waals surface area contributed by atoms with Crippen LogP contribution in [0.1, 0.15) is 40.3 Å². The first-order chi connectivity index (χ1) is 16.9. The van der Waals surface area contributed by atoms with Crippen molar-refractivity contribution in [1.29, 1.82) is 0 Å². The zero-order chi connectivity index (χ0) is 24.9. The molecular weight excluding hydrogens is 503 g/mol. The molecule has 1 amide bonds. The van der Waals surface area contributed by atoms with Crippen LogP contribution in [0.3, 0.4) is 0 Å². The van der Waals surface area contributed by atoms with Crippen LogP contribution in [0, 0.1) is 6.92 Å². The first kappa shape index (κ1) is 25.1. The van der Waals surface area contributed by atoms with E-state index in [9.17, 15) is 4.79 Å². The van der Waals surface area contributed by atoms with Gasteiger partial charge >= 0.3 is 0 Å². The van der Waals surface area contributed by atoms with Gasteiger partial charge in [-0.3, -0.25) is 9.36 Å². The number of nitrogens with zero attached hydrogens (tertiary/aromatic N) is 3. The molecule has 1 atom stereocenters. The summed E-state index contributed by atoms with van der Waals surface area (Å²) < 4.78 is 7.05. The number of benzene rings is 3. The number of methoxy groups -OCH3 is 1. The molecule has 4 aromatic rings. The predicted octanol–water partition coefficient (Wildman–Crippen LogP) is 6.67. The number of aryl methyl sites for hydroxylation is 1. The van der Waals surface area contributed by atoms with E-state index in [2.05, 4.69) is 34.6 Å². The van der Waals surface area contributed by atoms with Gasteiger partial charge in [0, 0.05) is 16.3 Å². The number of thioether (sulfide) groups is 1. The lowest BCUT2D eigenvalue weighted by Crippen LogP contribution is -2.28. The number of halogens is 2. The Morgan fingerprint density at radius 3 is 2.51 bits per heavy atom. The molecule has 1 unspecified atom stereocenters. The lowest BCUT2D eigenvalue weighted by Gasteiger charge is -2.17. The molecule has 0 saturated carbocycles. The second kappa shape index (κ2) is 11.2. The highest BCUT2D eigenvalue weighted by atomic mass is 35.5. The molecule has 1 heterocycles. The third kappa shape index (κ3) is 5.81. The van der Waals surface area contributed by atoms with Crippen LogP contribution in [0.2, 0.25) is 10.0 Å². The zero-order valence-electron chi connectivity index (χ0n) is 19.5. The van der Waals surface area contributed by atoms with Crippen LogP contribution in [-0.4, -0.2) is 27.8 Å². The summed E-state index contributed by atoms with van der Waals surface area (Å²) in [5.74, 6) is 1.72. The second-order valence-electron chi connectivity index (χ2n) is 7.91. The maximum atomic E-state index is 12.9. The number of amides is 1. The first-order valence-corrected chi connectivity index (χ1v) is 12.6. The molecule has 0 radical (unpaired) electrons. The van der Waals surface area contributed by atoms with E-state index in [-0.39, 0.29) is 5.91 Å². The molecule has 0 aliphatic heterocycles. The van der Waals surface area contributed by atoms with Gasteiger partial charge in [0.2, 0.25) is 0 Å². The smallest absolute Gasteiger partial charge is 0.251 e. The summed E-state index contributed by atoms with van der Waals surface area (Å²) in [4.78, 5) is 12.9. The van der Waals surface area contributed by atoms with Crippen LogP contribution >= 0.6 is 35.0 Å². The SMILES string of the molecule is COc1ccc(C(=O)NC(C)c2nnc(SCc3ccccc3C)n2-c2ccc(Cl)cc2Cl)cc1. The molecule has 180 valence electrons. The number of hydrogen-bond donors (Lipinski definition) is 1. The molecule has 1 aromatic heterocycles. The molecule has 0 bridgehead atoms. The van der Waals surface area contributed by atoms with Crippen molar-refractivity contribution in [2.75, 3.05) is 7.11 Å². The van der Waals surface area contributed by atoms with Crippen molar-refractivity contribution >= 4 is 40.9 Å². The summed E-state index contributed by atoms with van der Waals surface area (Å²) in [7, 11) is 1.58. The Balaban J connectivity index is 1.65. The molecule has 35 heavy (non-hydrogen) atoms. The standard InChI is InChI=1S/C26H24Cl2N4O2S/c1-16-6-4-5-7-19(16)15-35-26-31-30-24(32(26)23-13-10-20(27)14-22(23)28)17(2)29-25(33)18-8-11-21(34-3)12-9-18/h4-14,17H,15H2,1-3H3,(H,29,33). The van der Waals surface area contributed by atoms with E-state index in [1.54, 1.807) is 55.3 Å². The Morgan fingerprint density at radius 1 is 1.09 bits per heavy atom. The minimum absolute atomic E-state index is 0.231. The highest BCUT2D eigenvalue weighted by Gasteiger charge is 2.23. The maximum Gasteiger partial charge on any atom is 0.251 e. The molecule has 4 rings (SSSR count). The van der Waals surface area contributed by atoms with Crippen molar-refractivity contribution in [2.24, 2.45) is 0 Å². The molecule has 0 aliphatic carbocycles. The number of carbonyl (C=O) groups is 1. The van der Waals surface area contributed by atoms with Crippen LogP contribution in [0.25, 0.3) is 5.69 Å². The molecule has 0 aliphatic rings. The molecule has 0 fully saturated rings. The zero-order valence-corrected chi connectivity index (χ0v) is 21.8. The normalized spacial score (nSPS) is 11.8. The maximum absolute atomic E-state index is 12.9. The van der Waals surface area contributed by atoms with Crippen LogP contribution in [0.5, 0.6) is 5.75 Å². The third-order valence-electron chi connectivity index (χ3n) is 5.51. The van der Waals surface area contributed by atoms with Gasteiger partial charge in [-0.15, -0.1) is 10.2 Å². The Hall–Kier alpha value is -3.00. The van der Waals surface area contributed by atoms with E-state index in [1.165, 1.54) is 11.1 Å². The van der Waals surface area contributed by atoms with E-state index in [0.29, 0.717) is 43.8 Å². The van der Waals surface area contributed by atoms with Gasteiger partial charge in [-0.1, -0.05) is 59.2 Å². The van der Waals surface area contributed by atoms with Crippen molar-refractivity contribution in [1.82, 2.24) is 20.1 Å². The van der Waals surface area contributed by atoms with Crippen LogP contribution in [0.15, 0.2) is 71.9 Å². The second-order valence-corrected chi connectivity index (χ2v) is 9.70. The van der Waals surface area contributed by atoms with E-state index >= 15 is 0 Å². The van der Waals surface area contributed by atoms with Gasteiger partial charge in [0.1, 0.15) is 5.75 Å². The molecule has 0 spiro atoms. The Morgan fingerprint density at radius 2 is 1.83 bits per heavy atom. The van der Waals surface area contributed by atoms with Gasteiger partial charge in [-0.05, 0) is 67.4 Å². The highest BCUT2D eigenvalue weighted by molar-refractivity contribution is 7.98. The van der Waals surface area contributed by atoms with E-state index < -0.39 is 6.04 Å². The largest absolute Gasteiger partial charge is 0.497 e. The average molecular weight is 527 g/mol. The lowest BCUT2D eigenvalue weighted by molar-refractivity contribution is 0.0938. The number of rotatable bonds is 8. The number of ether oxygens (including phenoxy) is 1. The van der Waals surface area contributed by atoms with E-state index in [4.69, 9.17) is 27.9 Å². The van der Waals surface area contributed by atoms with Gasteiger partial charge in [0.05, 0.1) is 23.9 Å². The lowest BCUT2D eigenvalue weighted by atomic mass is 10.1. The fourth-order valence-corrected chi connectivity index (χ4v) is 5.07. The highest BCUT2D eigenvalue weighted by Crippen LogP contribution is 2.32. The van der Waals surface area contributed by atoms with Gasteiger partial charge < -0.3 is 10.1 Å². The van der Waals surface area contributed by atoms with E-state index in [1.807, 2.05) is 29.7 Å². The van der Waals surface area contributed by atoms with Crippen molar-refractivity contribution in [3.8, 4) is 11.4 Å². The van der Waals surface area contributed by atoms with Crippen molar-refractivity contribution in [3.63, 3.8) is 0 Å². The van der Waals surface area contributed by atoms with Crippen molar-refractivity contribution in [3.05, 3.63) is 99.3 Å². The summed E-state index contributed by atoms with van der Waals surface area (Å²) >= 11 is 14.3. The van der Waals surface area contributed by atoms with Gasteiger partial charge in [0.25, 0.3) is 5.91 Å². The van der Waals surface area contributed by atoms with Gasteiger partial charge in [-0.25, -0.2) is 0 Å². The fourth-order valence-electron chi connectivity index (χ4n) is 3.55. The minimum atomic E-state index is -0.448. The van der Waals surface area contributed by atoms with Gasteiger partial charge in [-0.2, -0.15) is 0 Å². The monoisotopic (exact) mass is 526 g/mol. The third-order valence-corrected chi connectivity index (χ3v) is 7.03. The molecule has 6 nitrogen and oxygen atoms in total. The number of nitrogens with one attached hydrogen (secondary N) is 1. The Kier molecular flexibility index (Phi) is 8.00. The van der Waals surface area contributed by atoms with E-state index in [0.717, 1.165) is 0 Å². The summed E-state index contributed by atoms with van der Waals surface area (Å²) in [6.45, 7) is 3.94. The predicted molar refractivity (Wildman–Crippen MR) is 141 cm³/mol. The molecule has 1 N–H and O–H groups in total. The van der Waals surface area contributed by atoms with Crippen molar-refractivity contribution in [2.45, 2.75) is 30.8 Å². The Labute approximate surface area is 218 Å². The molecular formula is C26H24Cl2N4O2S. The number of carbonyl (C=O) groups excluding carboxylic acids is 1. The quantitative estimate of drug-likeness (QED) is 0.259.